The standard InChI is InChI=1S/C15H21N3O2/c1-5-12-11(9-18(2)17-12)15(16)10-6-7-13(19-3)14(8-10)20-4/h6-9,15H,5,16H2,1-4H3. The Labute approximate surface area is 119 Å². The number of methoxy groups -OCH3 is 2. The molecule has 0 aliphatic carbocycles. The first kappa shape index (κ1) is 14.4. The van der Waals surface area contributed by atoms with E-state index in [0.29, 0.717) is 11.5 Å². The largest absolute Gasteiger partial charge is 0.493 e. The van der Waals surface area contributed by atoms with E-state index < -0.39 is 0 Å². The summed E-state index contributed by atoms with van der Waals surface area (Å²) in [5.74, 6) is 1.38. The van der Waals surface area contributed by atoms with Gasteiger partial charge in [-0.05, 0) is 24.1 Å². The van der Waals surface area contributed by atoms with Crippen LogP contribution < -0.4 is 15.2 Å². The van der Waals surface area contributed by atoms with Crippen molar-refractivity contribution in [2.24, 2.45) is 12.8 Å². The zero-order valence-corrected chi connectivity index (χ0v) is 12.4. The van der Waals surface area contributed by atoms with Crippen LogP contribution in [0.15, 0.2) is 24.4 Å². The Morgan fingerprint density at radius 2 is 1.95 bits per heavy atom. The van der Waals surface area contributed by atoms with Crippen LogP contribution in [0.1, 0.15) is 29.8 Å². The molecule has 0 bridgehead atoms. The second-order valence-electron chi connectivity index (χ2n) is 4.65. The van der Waals surface area contributed by atoms with E-state index in [1.165, 1.54) is 0 Å². The van der Waals surface area contributed by atoms with Crippen LogP contribution in [0, 0.1) is 0 Å². The van der Waals surface area contributed by atoms with Crippen LogP contribution in [0.4, 0.5) is 0 Å². The first-order valence-corrected chi connectivity index (χ1v) is 6.60. The lowest BCUT2D eigenvalue weighted by molar-refractivity contribution is 0.354. The quantitative estimate of drug-likeness (QED) is 0.907. The Kier molecular flexibility index (Phi) is 4.29. The summed E-state index contributed by atoms with van der Waals surface area (Å²) in [5, 5.41) is 4.43. The second kappa shape index (κ2) is 5.96. The predicted octanol–water partition coefficient (Wildman–Crippen LogP) is 2.05. The van der Waals surface area contributed by atoms with E-state index in [4.69, 9.17) is 15.2 Å². The highest BCUT2D eigenvalue weighted by Crippen LogP contribution is 2.32. The molecular formula is C15H21N3O2. The molecule has 0 radical (unpaired) electrons. The van der Waals surface area contributed by atoms with Crippen molar-refractivity contribution < 1.29 is 9.47 Å². The lowest BCUT2D eigenvalue weighted by atomic mass is 9.99. The highest BCUT2D eigenvalue weighted by molar-refractivity contribution is 5.46. The molecule has 0 aliphatic heterocycles. The van der Waals surface area contributed by atoms with Crippen LogP contribution in [0.2, 0.25) is 0 Å². The number of aryl methyl sites for hydroxylation is 2. The molecule has 1 aromatic heterocycles. The van der Waals surface area contributed by atoms with Crippen LogP contribution in [0.3, 0.4) is 0 Å². The first-order valence-electron chi connectivity index (χ1n) is 6.60. The fourth-order valence-electron chi connectivity index (χ4n) is 2.31. The van der Waals surface area contributed by atoms with Gasteiger partial charge in [0, 0.05) is 18.8 Å². The molecule has 20 heavy (non-hydrogen) atoms. The minimum absolute atomic E-state index is 0.224. The SMILES string of the molecule is CCc1nn(C)cc1C(N)c1ccc(OC)c(OC)c1. The molecule has 1 unspecified atom stereocenters. The summed E-state index contributed by atoms with van der Waals surface area (Å²) in [6.45, 7) is 2.08. The first-order chi connectivity index (χ1) is 9.60. The highest BCUT2D eigenvalue weighted by Gasteiger charge is 2.17. The zero-order chi connectivity index (χ0) is 14.7. The summed E-state index contributed by atoms with van der Waals surface area (Å²) in [5.41, 5.74) is 9.42. The summed E-state index contributed by atoms with van der Waals surface area (Å²) >= 11 is 0. The van der Waals surface area contributed by atoms with Crippen LogP contribution in [-0.4, -0.2) is 24.0 Å². The highest BCUT2D eigenvalue weighted by atomic mass is 16.5. The van der Waals surface area contributed by atoms with Crippen molar-refractivity contribution in [3.05, 3.63) is 41.2 Å². The molecule has 0 spiro atoms. The second-order valence-corrected chi connectivity index (χ2v) is 4.65. The van der Waals surface area contributed by atoms with Crippen molar-refractivity contribution in [2.45, 2.75) is 19.4 Å². The summed E-state index contributed by atoms with van der Waals surface area (Å²) in [4.78, 5) is 0. The van der Waals surface area contributed by atoms with Crippen molar-refractivity contribution in [1.29, 1.82) is 0 Å². The molecule has 0 saturated carbocycles. The number of ether oxygens (including phenoxy) is 2. The number of rotatable bonds is 5. The topological polar surface area (TPSA) is 62.3 Å². The van der Waals surface area contributed by atoms with E-state index in [-0.39, 0.29) is 6.04 Å². The molecule has 0 fully saturated rings. The molecule has 0 saturated heterocycles. The third-order valence-electron chi connectivity index (χ3n) is 3.37. The minimum Gasteiger partial charge on any atom is -0.493 e. The molecule has 5 heteroatoms. The van der Waals surface area contributed by atoms with Gasteiger partial charge in [-0.1, -0.05) is 13.0 Å². The normalized spacial score (nSPS) is 12.2. The van der Waals surface area contributed by atoms with E-state index in [9.17, 15) is 0 Å². The summed E-state index contributed by atoms with van der Waals surface area (Å²) in [7, 11) is 5.15. The van der Waals surface area contributed by atoms with Gasteiger partial charge < -0.3 is 15.2 Å². The third-order valence-corrected chi connectivity index (χ3v) is 3.37. The van der Waals surface area contributed by atoms with Crippen molar-refractivity contribution >= 4 is 0 Å². The van der Waals surface area contributed by atoms with Gasteiger partial charge in [0.1, 0.15) is 0 Å². The molecule has 5 nitrogen and oxygen atoms in total. The van der Waals surface area contributed by atoms with Crippen molar-refractivity contribution in [3.8, 4) is 11.5 Å². The Hall–Kier alpha value is -2.01. The van der Waals surface area contributed by atoms with Crippen molar-refractivity contribution in [2.75, 3.05) is 14.2 Å². The van der Waals surface area contributed by atoms with E-state index in [0.717, 1.165) is 23.2 Å². The molecule has 0 amide bonds. The van der Waals surface area contributed by atoms with E-state index >= 15 is 0 Å². The van der Waals surface area contributed by atoms with Gasteiger partial charge >= 0.3 is 0 Å². The van der Waals surface area contributed by atoms with Crippen molar-refractivity contribution in [1.82, 2.24) is 9.78 Å². The van der Waals surface area contributed by atoms with Crippen LogP contribution in [0.5, 0.6) is 11.5 Å². The monoisotopic (exact) mass is 275 g/mol. The maximum absolute atomic E-state index is 6.37. The van der Waals surface area contributed by atoms with Gasteiger partial charge in [0.15, 0.2) is 11.5 Å². The average Bonchev–Trinajstić information content (AvgIpc) is 2.86. The molecule has 0 aliphatic rings. The van der Waals surface area contributed by atoms with Crippen LogP contribution >= 0.6 is 0 Å². The smallest absolute Gasteiger partial charge is 0.161 e. The maximum Gasteiger partial charge on any atom is 0.161 e. The fourth-order valence-corrected chi connectivity index (χ4v) is 2.31. The molecule has 1 aromatic carbocycles. The average molecular weight is 275 g/mol. The number of aromatic nitrogens is 2. The lowest BCUT2D eigenvalue weighted by Gasteiger charge is -2.15. The third kappa shape index (κ3) is 2.63. The Bertz CT molecular complexity index is 593. The van der Waals surface area contributed by atoms with E-state index in [2.05, 4.69) is 12.0 Å². The number of benzene rings is 1. The van der Waals surface area contributed by atoms with Crippen molar-refractivity contribution in [3.63, 3.8) is 0 Å². The number of nitrogens with zero attached hydrogens (tertiary/aromatic N) is 2. The Morgan fingerprint density at radius 1 is 1.25 bits per heavy atom. The molecule has 1 atom stereocenters. The lowest BCUT2D eigenvalue weighted by Crippen LogP contribution is -2.13. The number of hydrogen-bond acceptors (Lipinski definition) is 4. The van der Waals surface area contributed by atoms with Gasteiger partial charge in [0.05, 0.1) is 26.0 Å². The fraction of sp³-hybridized carbons (Fsp3) is 0.400. The molecule has 2 N–H and O–H groups in total. The number of hydrogen-bond donors (Lipinski definition) is 1. The molecule has 2 aromatic rings. The Balaban J connectivity index is 2.39. The predicted molar refractivity (Wildman–Crippen MR) is 78.2 cm³/mol. The minimum atomic E-state index is -0.224. The van der Waals surface area contributed by atoms with E-state index in [1.807, 2.05) is 31.4 Å². The molecule has 1 heterocycles. The van der Waals surface area contributed by atoms with Gasteiger partial charge in [-0.15, -0.1) is 0 Å². The van der Waals surface area contributed by atoms with E-state index in [1.54, 1.807) is 18.9 Å². The summed E-state index contributed by atoms with van der Waals surface area (Å²) < 4.78 is 12.4. The van der Waals surface area contributed by atoms with Gasteiger partial charge in [0.2, 0.25) is 0 Å². The van der Waals surface area contributed by atoms with Gasteiger partial charge in [-0.2, -0.15) is 5.10 Å². The van der Waals surface area contributed by atoms with Gasteiger partial charge in [0.25, 0.3) is 0 Å². The molecule has 2 rings (SSSR count). The maximum atomic E-state index is 6.37. The summed E-state index contributed by atoms with van der Waals surface area (Å²) in [6, 6.07) is 5.52. The number of nitrogens with two attached hydrogens (primary N) is 1. The van der Waals surface area contributed by atoms with Crippen LogP contribution in [-0.2, 0) is 13.5 Å². The Morgan fingerprint density at radius 3 is 2.55 bits per heavy atom. The van der Waals surface area contributed by atoms with Gasteiger partial charge in [-0.3, -0.25) is 4.68 Å². The molecule has 108 valence electrons. The van der Waals surface area contributed by atoms with Crippen LogP contribution in [0.25, 0.3) is 0 Å². The molecular weight excluding hydrogens is 254 g/mol. The zero-order valence-electron chi connectivity index (χ0n) is 12.4. The van der Waals surface area contributed by atoms with Gasteiger partial charge in [-0.25, -0.2) is 0 Å². The summed E-state index contributed by atoms with van der Waals surface area (Å²) in [6.07, 6.45) is 2.83.